The van der Waals surface area contributed by atoms with Gasteiger partial charge in [-0.15, -0.1) is 0 Å². The van der Waals surface area contributed by atoms with Crippen LogP contribution in [0.5, 0.6) is 0 Å². The lowest BCUT2D eigenvalue weighted by molar-refractivity contribution is -0.140. The van der Waals surface area contributed by atoms with Crippen molar-refractivity contribution in [1.82, 2.24) is 4.31 Å². The molecule has 1 aliphatic rings. The Bertz CT molecular complexity index is 738. The Labute approximate surface area is 135 Å². The summed E-state index contributed by atoms with van der Waals surface area (Å²) >= 11 is 0. The minimum atomic E-state index is -3.52. The molecular formula is C15H20N2O5S. The maximum absolute atomic E-state index is 12.2. The fourth-order valence-electron chi connectivity index (χ4n) is 2.73. The van der Waals surface area contributed by atoms with E-state index in [-0.39, 0.29) is 10.8 Å². The number of carboxylic acids is 1. The van der Waals surface area contributed by atoms with Gasteiger partial charge in [-0.2, -0.15) is 0 Å². The highest BCUT2D eigenvalue weighted by atomic mass is 32.2. The Kier molecular flexibility index (Phi) is 4.25. The van der Waals surface area contributed by atoms with E-state index in [0.29, 0.717) is 5.69 Å². The van der Waals surface area contributed by atoms with Gasteiger partial charge < -0.3 is 10.4 Å². The molecule has 2 atom stereocenters. The van der Waals surface area contributed by atoms with E-state index in [1.165, 1.54) is 38.4 Å². The summed E-state index contributed by atoms with van der Waals surface area (Å²) in [5.41, 5.74) is -0.149. The zero-order chi connectivity index (χ0) is 17.6. The van der Waals surface area contributed by atoms with Crippen molar-refractivity contribution in [1.29, 1.82) is 0 Å². The summed E-state index contributed by atoms with van der Waals surface area (Å²) in [7, 11) is -0.648. The summed E-state index contributed by atoms with van der Waals surface area (Å²) in [6.45, 7) is 3.48. The third kappa shape index (κ3) is 3.09. The van der Waals surface area contributed by atoms with Crippen molar-refractivity contribution in [3.8, 4) is 0 Å². The molecule has 126 valence electrons. The Morgan fingerprint density at radius 3 is 2.04 bits per heavy atom. The molecule has 0 aromatic heterocycles. The van der Waals surface area contributed by atoms with Crippen LogP contribution in [0.4, 0.5) is 5.69 Å². The minimum absolute atomic E-state index is 0.121. The van der Waals surface area contributed by atoms with Crippen molar-refractivity contribution in [2.24, 2.45) is 17.3 Å². The third-order valence-corrected chi connectivity index (χ3v) is 6.11. The molecule has 0 aliphatic heterocycles. The second-order valence-corrected chi connectivity index (χ2v) is 8.57. The van der Waals surface area contributed by atoms with Crippen LogP contribution >= 0.6 is 0 Å². The zero-order valence-corrected chi connectivity index (χ0v) is 14.2. The van der Waals surface area contributed by atoms with Crippen molar-refractivity contribution >= 4 is 27.6 Å². The van der Waals surface area contributed by atoms with Crippen LogP contribution in [-0.4, -0.2) is 43.8 Å². The molecule has 2 N–H and O–H groups in total. The summed E-state index contributed by atoms with van der Waals surface area (Å²) in [6.07, 6.45) is 0. The molecule has 0 unspecified atom stereocenters. The Morgan fingerprint density at radius 1 is 1.13 bits per heavy atom. The number of benzene rings is 1. The summed E-state index contributed by atoms with van der Waals surface area (Å²) < 4.78 is 25.0. The minimum Gasteiger partial charge on any atom is -0.481 e. The van der Waals surface area contributed by atoms with Crippen molar-refractivity contribution < 1.29 is 23.1 Å². The molecule has 7 nitrogen and oxygen atoms in total. The third-order valence-electron chi connectivity index (χ3n) is 4.28. The molecule has 1 amide bonds. The van der Waals surface area contributed by atoms with E-state index in [9.17, 15) is 18.0 Å². The van der Waals surface area contributed by atoms with Gasteiger partial charge in [0.15, 0.2) is 0 Å². The van der Waals surface area contributed by atoms with E-state index in [1.54, 1.807) is 13.8 Å². The number of hydrogen-bond donors (Lipinski definition) is 2. The number of rotatable bonds is 5. The van der Waals surface area contributed by atoms with Gasteiger partial charge in [0.05, 0.1) is 16.7 Å². The first-order chi connectivity index (χ1) is 10.5. The van der Waals surface area contributed by atoms with Gasteiger partial charge >= 0.3 is 5.97 Å². The first kappa shape index (κ1) is 17.4. The smallest absolute Gasteiger partial charge is 0.307 e. The average Bonchev–Trinajstić information content (AvgIpc) is 3.02. The summed E-state index contributed by atoms with van der Waals surface area (Å²) in [5, 5.41) is 11.7. The second-order valence-electron chi connectivity index (χ2n) is 6.42. The Balaban J connectivity index is 2.11. The number of nitrogens with zero attached hydrogens (tertiary/aromatic N) is 1. The van der Waals surface area contributed by atoms with Crippen LogP contribution in [0, 0.1) is 17.3 Å². The topological polar surface area (TPSA) is 104 Å². The lowest BCUT2D eigenvalue weighted by Crippen LogP contribution is -2.22. The first-order valence-corrected chi connectivity index (χ1v) is 8.50. The fraction of sp³-hybridized carbons (Fsp3) is 0.467. The van der Waals surface area contributed by atoms with E-state index in [1.807, 2.05) is 0 Å². The molecule has 0 bridgehead atoms. The molecule has 0 radical (unpaired) electrons. The van der Waals surface area contributed by atoms with Crippen molar-refractivity contribution in [2.75, 3.05) is 19.4 Å². The molecule has 1 saturated carbocycles. The Morgan fingerprint density at radius 2 is 1.65 bits per heavy atom. The van der Waals surface area contributed by atoms with Crippen LogP contribution < -0.4 is 5.32 Å². The summed E-state index contributed by atoms with van der Waals surface area (Å²) in [6, 6.07) is 5.77. The molecule has 0 saturated heterocycles. The predicted molar refractivity (Wildman–Crippen MR) is 84.3 cm³/mol. The van der Waals surface area contributed by atoms with Gasteiger partial charge in [-0.05, 0) is 29.7 Å². The van der Waals surface area contributed by atoms with Crippen LogP contribution in [0.1, 0.15) is 13.8 Å². The maximum atomic E-state index is 12.2. The second kappa shape index (κ2) is 5.61. The molecule has 1 aliphatic carbocycles. The molecule has 1 aromatic carbocycles. The molecule has 0 heterocycles. The zero-order valence-electron chi connectivity index (χ0n) is 13.4. The molecule has 1 fully saturated rings. The summed E-state index contributed by atoms with van der Waals surface area (Å²) in [4.78, 5) is 23.4. The number of amides is 1. The normalized spacial score (nSPS) is 22.7. The van der Waals surface area contributed by atoms with Gasteiger partial charge in [0.2, 0.25) is 15.9 Å². The predicted octanol–water partition coefficient (Wildman–Crippen LogP) is 1.23. The number of hydrogen-bond acceptors (Lipinski definition) is 4. The van der Waals surface area contributed by atoms with E-state index in [2.05, 4.69) is 5.32 Å². The Hall–Kier alpha value is -1.93. The largest absolute Gasteiger partial charge is 0.481 e. The van der Waals surface area contributed by atoms with Crippen molar-refractivity contribution in [3.05, 3.63) is 24.3 Å². The van der Waals surface area contributed by atoms with Crippen molar-refractivity contribution in [2.45, 2.75) is 18.7 Å². The van der Waals surface area contributed by atoms with E-state index in [4.69, 9.17) is 5.11 Å². The van der Waals surface area contributed by atoms with Crippen LogP contribution in [0.15, 0.2) is 29.2 Å². The van der Waals surface area contributed by atoms with Crippen LogP contribution in [0.2, 0.25) is 0 Å². The van der Waals surface area contributed by atoms with Gasteiger partial charge in [0.1, 0.15) is 0 Å². The summed E-state index contributed by atoms with van der Waals surface area (Å²) in [5.74, 6) is -2.64. The molecule has 1 aromatic rings. The number of aliphatic carboxylic acids is 1. The van der Waals surface area contributed by atoms with E-state index in [0.717, 1.165) is 4.31 Å². The lowest BCUT2D eigenvalue weighted by Gasteiger charge is -2.12. The molecule has 8 heteroatoms. The molecular weight excluding hydrogens is 320 g/mol. The number of carbonyl (C=O) groups excluding carboxylic acids is 1. The lowest BCUT2D eigenvalue weighted by atomic mass is 10.1. The first-order valence-electron chi connectivity index (χ1n) is 7.06. The fourth-order valence-corrected chi connectivity index (χ4v) is 3.63. The monoisotopic (exact) mass is 340 g/mol. The van der Waals surface area contributed by atoms with Gasteiger partial charge in [0, 0.05) is 19.8 Å². The molecule has 23 heavy (non-hydrogen) atoms. The highest BCUT2D eigenvalue weighted by molar-refractivity contribution is 7.89. The van der Waals surface area contributed by atoms with Gasteiger partial charge in [0.25, 0.3) is 0 Å². The number of carboxylic acid groups (broad SMARTS) is 1. The number of nitrogens with one attached hydrogen (secondary N) is 1. The molecule has 2 rings (SSSR count). The maximum Gasteiger partial charge on any atom is 0.307 e. The highest BCUT2D eigenvalue weighted by Gasteiger charge is 2.65. The van der Waals surface area contributed by atoms with Crippen LogP contribution in [-0.2, 0) is 19.6 Å². The van der Waals surface area contributed by atoms with Crippen molar-refractivity contribution in [3.63, 3.8) is 0 Å². The number of carbonyl (C=O) groups is 2. The van der Waals surface area contributed by atoms with Crippen LogP contribution in [0.3, 0.4) is 0 Å². The standard InChI is InChI=1S/C15H20N2O5S/c1-15(2)11(12(15)14(19)20)13(18)16-9-5-7-10(8-6-9)23(21,22)17(3)4/h5-8,11-12H,1-4H3,(H,16,18)(H,19,20)/t11-,12+/m0/s1. The quantitative estimate of drug-likeness (QED) is 0.839. The van der Waals surface area contributed by atoms with Gasteiger partial charge in [-0.25, -0.2) is 12.7 Å². The van der Waals surface area contributed by atoms with E-state index < -0.39 is 33.2 Å². The van der Waals surface area contributed by atoms with Gasteiger partial charge in [-0.3, -0.25) is 9.59 Å². The highest BCUT2D eigenvalue weighted by Crippen LogP contribution is 2.58. The number of sulfonamides is 1. The average molecular weight is 340 g/mol. The van der Waals surface area contributed by atoms with Crippen LogP contribution in [0.25, 0.3) is 0 Å². The molecule has 0 spiro atoms. The SMILES string of the molecule is CN(C)S(=O)(=O)c1ccc(NC(=O)[C@@H]2[C@H](C(=O)O)C2(C)C)cc1. The number of anilines is 1. The van der Waals surface area contributed by atoms with E-state index >= 15 is 0 Å². The van der Waals surface area contributed by atoms with Gasteiger partial charge in [-0.1, -0.05) is 13.8 Å².